The lowest BCUT2D eigenvalue weighted by Gasteiger charge is -2.18. The van der Waals surface area contributed by atoms with Crippen LogP contribution in [-0.2, 0) is 16.0 Å². The summed E-state index contributed by atoms with van der Waals surface area (Å²) >= 11 is 5.94. The van der Waals surface area contributed by atoms with E-state index in [9.17, 15) is 9.59 Å². The molecule has 0 radical (unpaired) electrons. The minimum atomic E-state index is -0.427. The van der Waals surface area contributed by atoms with Gasteiger partial charge in [-0.3, -0.25) is 9.59 Å². The van der Waals surface area contributed by atoms with Gasteiger partial charge in [0.05, 0.1) is 5.92 Å². The van der Waals surface area contributed by atoms with Crippen LogP contribution in [0.4, 0.5) is 22.9 Å². The van der Waals surface area contributed by atoms with Gasteiger partial charge in [0.25, 0.3) is 0 Å². The number of rotatable bonds is 6. The summed E-state index contributed by atoms with van der Waals surface area (Å²) in [5.74, 6) is 0.0142. The second-order valence-electron chi connectivity index (χ2n) is 7.77. The van der Waals surface area contributed by atoms with E-state index >= 15 is 0 Å². The van der Waals surface area contributed by atoms with E-state index in [1.165, 1.54) is 6.33 Å². The first kappa shape index (κ1) is 21.8. The Morgan fingerprint density at radius 3 is 2.66 bits per heavy atom. The first-order valence-corrected chi connectivity index (χ1v) is 10.9. The third kappa shape index (κ3) is 4.89. The van der Waals surface area contributed by atoms with Gasteiger partial charge in [-0.05, 0) is 55.3 Å². The van der Waals surface area contributed by atoms with E-state index in [-0.39, 0.29) is 18.2 Å². The second kappa shape index (κ2) is 9.36. The molecule has 1 fully saturated rings. The highest BCUT2D eigenvalue weighted by atomic mass is 35.5. The molecule has 7 nitrogen and oxygen atoms in total. The summed E-state index contributed by atoms with van der Waals surface area (Å²) in [6.07, 6.45) is 2.45. The third-order valence-electron chi connectivity index (χ3n) is 5.46. The molecule has 1 atom stereocenters. The van der Waals surface area contributed by atoms with Gasteiger partial charge in [-0.25, -0.2) is 9.97 Å². The van der Waals surface area contributed by atoms with Crippen LogP contribution >= 0.6 is 11.6 Å². The van der Waals surface area contributed by atoms with Crippen LogP contribution in [0.5, 0.6) is 0 Å². The van der Waals surface area contributed by atoms with Gasteiger partial charge in [0.1, 0.15) is 12.1 Å². The van der Waals surface area contributed by atoms with Crippen LogP contribution in [0.15, 0.2) is 54.9 Å². The number of carbonyl (C=O) groups excluding carboxylic acids is 2. The van der Waals surface area contributed by atoms with Crippen molar-refractivity contribution in [1.29, 1.82) is 0 Å². The Kier molecular flexibility index (Phi) is 6.37. The van der Waals surface area contributed by atoms with Gasteiger partial charge in [0.2, 0.25) is 11.8 Å². The highest BCUT2D eigenvalue weighted by Gasteiger charge is 2.35. The highest BCUT2D eigenvalue weighted by Crippen LogP contribution is 2.29. The smallest absolute Gasteiger partial charge is 0.229 e. The first-order chi connectivity index (χ1) is 15.4. The fourth-order valence-electron chi connectivity index (χ4n) is 3.74. The van der Waals surface area contributed by atoms with Crippen molar-refractivity contribution in [2.24, 2.45) is 5.92 Å². The molecule has 0 spiro atoms. The number of anilines is 4. The zero-order valence-corrected chi connectivity index (χ0v) is 18.7. The molecule has 0 aliphatic carbocycles. The average Bonchev–Trinajstić information content (AvgIpc) is 3.16. The molecular weight excluding hydrogens is 426 g/mol. The molecule has 32 heavy (non-hydrogen) atoms. The fraction of sp³-hybridized carbons (Fsp3) is 0.250. The zero-order chi connectivity index (χ0) is 22.7. The number of nitrogens with zero attached hydrogens (tertiary/aromatic N) is 3. The van der Waals surface area contributed by atoms with Crippen molar-refractivity contribution in [3.8, 4) is 0 Å². The standard InChI is InChI=1S/C24H24ClN5O2/c1-3-16-4-7-19(28-22-10-15(2)26-14-27-22)12-21(16)29-24(32)17-11-23(31)30(13-17)20-8-5-18(25)6-9-20/h4-10,12,14,17H,3,11,13H2,1-2H3,(H,29,32)(H,26,27,28). The number of benzene rings is 2. The van der Waals surface area contributed by atoms with Gasteiger partial charge >= 0.3 is 0 Å². The Morgan fingerprint density at radius 1 is 1.16 bits per heavy atom. The van der Waals surface area contributed by atoms with Gasteiger partial charge in [-0.2, -0.15) is 0 Å². The summed E-state index contributed by atoms with van der Waals surface area (Å²) in [5.41, 5.74) is 4.15. The quantitative estimate of drug-likeness (QED) is 0.567. The molecule has 2 amide bonds. The number of hydrogen-bond acceptors (Lipinski definition) is 5. The largest absolute Gasteiger partial charge is 0.340 e. The lowest BCUT2D eigenvalue weighted by atomic mass is 10.1. The van der Waals surface area contributed by atoms with Crippen molar-refractivity contribution in [3.05, 3.63) is 71.1 Å². The number of hydrogen-bond donors (Lipinski definition) is 2. The molecule has 4 rings (SSSR count). The molecule has 1 saturated heterocycles. The number of carbonyl (C=O) groups is 2. The SMILES string of the molecule is CCc1ccc(Nc2cc(C)ncn2)cc1NC(=O)C1CC(=O)N(c2ccc(Cl)cc2)C1. The zero-order valence-electron chi connectivity index (χ0n) is 17.9. The van der Waals surface area contributed by atoms with Gasteiger partial charge in [-0.15, -0.1) is 0 Å². The van der Waals surface area contributed by atoms with Crippen LogP contribution in [0.3, 0.4) is 0 Å². The fourth-order valence-corrected chi connectivity index (χ4v) is 3.86. The molecule has 1 aliphatic rings. The Balaban J connectivity index is 1.48. The monoisotopic (exact) mass is 449 g/mol. The predicted molar refractivity (Wildman–Crippen MR) is 126 cm³/mol. The molecule has 1 aromatic heterocycles. The summed E-state index contributed by atoms with van der Waals surface area (Å²) in [7, 11) is 0. The first-order valence-electron chi connectivity index (χ1n) is 10.5. The second-order valence-corrected chi connectivity index (χ2v) is 8.20. The van der Waals surface area contributed by atoms with E-state index < -0.39 is 5.92 Å². The molecule has 2 N–H and O–H groups in total. The van der Waals surface area contributed by atoms with Crippen LogP contribution in [0.25, 0.3) is 0 Å². The number of aryl methyl sites for hydroxylation is 2. The van der Waals surface area contributed by atoms with Crippen LogP contribution in [0.1, 0.15) is 24.6 Å². The lowest BCUT2D eigenvalue weighted by molar-refractivity contribution is -0.122. The Hall–Kier alpha value is -3.45. The summed E-state index contributed by atoms with van der Waals surface area (Å²) in [6, 6.07) is 14.7. The molecule has 0 bridgehead atoms. The Morgan fingerprint density at radius 2 is 1.94 bits per heavy atom. The number of amides is 2. The molecule has 0 saturated carbocycles. The minimum Gasteiger partial charge on any atom is -0.340 e. The molecule has 164 valence electrons. The molecule has 2 heterocycles. The lowest BCUT2D eigenvalue weighted by Crippen LogP contribution is -2.28. The van der Waals surface area contributed by atoms with E-state index in [4.69, 9.17) is 11.6 Å². The van der Waals surface area contributed by atoms with Crippen molar-refractivity contribution in [3.63, 3.8) is 0 Å². The van der Waals surface area contributed by atoms with Crippen molar-refractivity contribution in [2.75, 3.05) is 22.1 Å². The summed E-state index contributed by atoms with van der Waals surface area (Å²) in [5, 5.41) is 6.88. The van der Waals surface area contributed by atoms with Crippen molar-refractivity contribution in [2.45, 2.75) is 26.7 Å². The molecule has 1 unspecified atom stereocenters. The van der Waals surface area contributed by atoms with Crippen LogP contribution in [0.2, 0.25) is 5.02 Å². The maximum absolute atomic E-state index is 13.0. The van der Waals surface area contributed by atoms with Crippen molar-refractivity contribution in [1.82, 2.24) is 9.97 Å². The highest BCUT2D eigenvalue weighted by molar-refractivity contribution is 6.30. The van der Waals surface area contributed by atoms with Gasteiger partial charge in [0.15, 0.2) is 0 Å². The summed E-state index contributed by atoms with van der Waals surface area (Å²) in [6.45, 7) is 4.27. The third-order valence-corrected chi connectivity index (χ3v) is 5.71. The van der Waals surface area contributed by atoms with Crippen molar-refractivity contribution < 1.29 is 9.59 Å². The molecule has 3 aromatic rings. The van der Waals surface area contributed by atoms with Gasteiger partial charge in [-0.1, -0.05) is 24.6 Å². The van der Waals surface area contributed by atoms with Crippen LogP contribution in [0, 0.1) is 12.8 Å². The van der Waals surface area contributed by atoms with Gasteiger partial charge < -0.3 is 15.5 Å². The van der Waals surface area contributed by atoms with E-state index in [1.54, 1.807) is 29.2 Å². The van der Waals surface area contributed by atoms with Crippen molar-refractivity contribution >= 4 is 46.3 Å². The normalized spacial score (nSPS) is 15.7. The maximum atomic E-state index is 13.0. The number of nitrogens with one attached hydrogen (secondary N) is 2. The van der Waals surface area contributed by atoms with E-state index in [1.807, 2.05) is 38.1 Å². The van der Waals surface area contributed by atoms with E-state index in [2.05, 4.69) is 20.6 Å². The minimum absolute atomic E-state index is 0.0715. The van der Waals surface area contributed by atoms with Crippen LogP contribution < -0.4 is 15.5 Å². The molecular formula is C24H24ClN5O2. The average molecular weight is 450 g/mol. The number of aromatic nitrogens is 2. The Labute approximate surface area is 191 Å². The van der Waals surface area contributed by atoms with E-state index in [0.717, 1.165) is 34.7 Å². The topological polar surface area (TPSA) is 87.2 Å². The Bertz CT molecular complexity index is 1150. The number of halogens is 1. The van der Waals surface area contributed by atoms with Gasteiger partial charge in [0, 0.05) is 46.8 Å². The predicted octanol–water partition coefficient (Wildman–Crippen LogP) is 4.74. The molecule has 8 heteroatoms. The molecule has 1 aliphatic heterocycles. The maximum Gasteiger partial charge on any atom is 0.229 e. The summed E-state index contributed by atoms with van der Waals surface area (Å²) in [4.78, 5) is 35.5. The molecule has 2 aromatic carbocycles. The van der Waals surface area contributed by atoms with E-state index in [0.29, 0.717) is 17.4 Å². The summed E-state index contributed by atoms with van der Waals surface area (Å²) < 4.78 is 0. The van der Waals surface area contributed by atoms with Crippen LogP contribution in [-0.4, -0.2) is 28.3 Å².